The van der Waals surface area contributed by atoms with Crippen LogP contribution in [0.2, 0.25) is 0 Å². The molecular weight excluding hydrogens is 374 g/mol. The molecule has 0 saturated carbocycles. The van der Waals surface area contributed by atoms with Crippen molar-refractivity contribution in [2.75, 3.05) is 21.3 Å². The maximum absolute atomic E-state index is 5.81. The number of pyridine rings is 1. The third kappa shape index (κ3) is 2.72. The first kappa shape index (κ1) is 18.3. The van der Waals surface area contributed by atoms with Crippen molar-refractivity contribution in [3.8, 4) is 28.5 Å². The number of ether oxygens (including phenoxy) is 3. The molecule has 5 rings (SSSR count). The average molecular weight is 395 g/mol. The van der Waals surface area contributed by atoms with Crippen LogP contribution in [0.3, 0.4) is 0 Å². The van der Waals surface area contributed by atoms with E-state index in [1.807, 2.05) is 48.5 Å². The van der Waals surface area contributed by atoms with Crippen LogP contribution in [0.15, 0.2) is 72.8 Å². The van der Waals surface area contributed by atoms with E-state index in [2.05, 4.69) is 24.3 Å². The van der Waals surface area contributed by atoms with E-state index in [0.29, 0.717) is 5.75 Å². The van der Waals surface area contributed by atoms with Crippen molar-refractivity contribution in [3.63, 3.8) is 0 Å². The van der Waals surface area contributed by atoms with Gasteiger partial charge in [-0.05, 0) is 29.0 Å². The number of hydrogen-bond donors (Lipinski definition) is 0. The highest BCUT2D eigenvalue weighted by Crippen LogP contribution is 2.45. The van der Waals surface area contributed by atoms with Gasteiger partial charge < -0.3 is 14.2 Å². The molecule has 4 nitrogen and oxygen atoms in total. The van der Waals surface area contributed by atoms with E-state index < -0.39 is 0 Å². The molecule has 1 aromatic heterocycles. The lowest BCUT2D eigenvalue weighted by molar-refractivity contribution is 0.398. The molecule has 0 spiro atoms. The summed E-state index contributed by atoms with van der Waals surface area (Å²) in [5, 5.41) is 5.23. The number of methoxy groups -OCH3 is 3. The molecule has 0 aliphatic carbocycles. The van der Waals surface area contributed by atoms with Gasteiger partial charge in [-0.3, -0.25) is 0 Å². The fourth-order valence-electron chi connectivity index (χ4n) is 4.15. The highest BCUT2D eigenvalue weighted by molar-refractivity contribution is 6.16. The molecule has 0 bridgehead atoms. The van der Waals surface area contributed by atoms with Crippen LogP contribution in [0.25, 0.3) is 43.7 Å². The molecule has 0 aliphatic heterocycles. The van der Waals surface area contributed by atoms with Gasteiger partial charge >= 0.3 is 0 Å². The number of aromatic nitrogens is 1. The third-order valence-electron chi connectivity index (χ3n) is 5.54. The van der Waals surface area contributed by atoms with Gasteiger partial charge in [-0.25, -0.2) is 4.98 Å². The molecule has 0 unspecified atom stereocenters. The Morgan fingerprint density at radius 3 is 2.13 bits per heavy atom. The Kier molecular flexibility index (Phi) is 4.40. The summed E-state index contributed by atoms with van der Waals surface area (Å²) in [6.07, 6.45) is 0. The zero-order chi connectivity index (χ0) is 20.7. The minimum Gasteiger partial charge on any atom is -0.497 e. The Hall–Kier alpha value is -3.79. The van der Waals surface area contributed by atoms with E-state index in [4.69, 9.17) is 19.2 Å². The minimum absolute atomic E-state index is 0.715. The molecule has 5 aromatic rings. The molecule has 0 fully saturated rings. The van der Waals surface area contributed by atoms with E-state index in [9.17, 15) is 0 Å². The minimum atomic E-state index is 0.715. The van der Waals surface area contributed by atoms with E-state index in [-0.39, 0.29) is 0 Å². The highest BCUT2D eigenvalue weighted by Gasteiger charge is 2.20. The number of hydrogen-bond acceptors (Lipinski definition) is 4. The Morgan fingerprint density at radius 2 is 1.37 bits per heavy atom. The molecule has 0 atom stereocenters. The molecule has 0 radical (unpaired) electrons. The summed E-state index contributed by atoms with van der Waals surface area (Å²) in [5.41, 5.74) is 2.69. The summed E-state index contributed by atoms with van der Waals surface area (Å²) < 4.78 is 17.1. The van der Waals surface area contributed by atoms with Gasteiger partial charge in [-0.1, -0.05) is 48.5 Å². The Morgan fingerprint density at radius 1 is 0.633 bits per heavy atom. The van der Waals surface area contributed by atoms with Gasteiger partial charge in [0.15, 0.2) is 0 Å². The van der Waals surface area contributed by atoms with Crippen molar-refractivity contribution in [3.05, 3.63) is 72.8 Å². The predicted octanol–water partition coefficient (Wildman–Crippen LogP) is 6.23. The lowest BCUT2D eigenvalue weighted by Gasteiger charge is -2.18. The third-order valence-corrected chi connectivity index (χ3v) is 5.54. The number of para-hydroxylation sites is 1. The van der Waals surface area contributed by atoms with Gasteiger partial charge in [0.2, 0.25) is 0 Å². The second kappa shape index (κ2) is 7.23. The molecule has 0 N–H and O–H groups in total. The SMILES string of the molecule is COc1cc(OC)c2c(-c3c(OC)ccc4ccccc34)nc3ccccc3c2c1. The molecule has 1 heterocycles. The largest absolute Gasteiger partial charge is 0.497 e. The average Bonchev–Trinajstić information content (AvgIpc) is 2.81. The summed E-state index contributed by atoms with van der Waals surface area (Å²) in [7, 11) is 5.03. The summed E-state index contributed by atoms with van der Waals surface area (Å²) >= 11 is 0. The maximum Gasteiger partial charge on any atom is 0.132 e. The fraction of sp³-hybridized carbons (Fsp3) is 0.115. The van der Waals surface area contributed by atoms with Crippen molar-refractivity contribution in [1.82, 2.24) is 4.98 Å². The van der Waals surface area contributed by atoms with Gasteiger partial charge in [-0.2, -0.15) is 0 Å². The van der Waals surface area contributed by atoms with Crippen LogP contribution in [-0.2, 0) is 0 Å². The van der Waals surface area contributed by atoms with Gasteiger partial charge in [-0.15, -0.1) is 0 Å². The van der Waals surface area contributed by atoms with Gasteiger partial charge in [0, 0.05) is 16.8 Å². The summed E-state index contributed by atoms with van der Waals surface area (Å²) in [6.45, 7) is 0. The summed E-state index contributed by atoms with van der Waals surface area (Å²) in [4.78, 5) is 5.10. The molecular formula is C26H21NO3. The van der Waals surface area contributed by atoms with Crippen LogP contribution < -0.4 is 14.2 Å². The van der Waals surface area contributed by atoms with Gasteiger partial charge in [0.1, 0.15) is 17.2 Å². The van der Waals surface area contributed by atoms with Crippen molar-refractivity contribution < 1.29 is 14.2 Å². The quantitative estimate of drug-likeness (QED) is 0.338. The smallest absolute Gasteiger partial charge is 0.132 e. The fourth-order valence-corrected chi connectivity index (χ4v) is 4.15. The van der Waals surface area contributed by atoms with E-state index in [0.717, 1.165) is 55.2 Å². The van der Waals surface area contributed by atoms with Crippen molar-refractivity contribution in [1.29, 1.82) is 0 Å². The lowest BCUT2D eigenvalue weighted by Crippen LogP contribution is -1.97. The number of benzene rings is 4. The Balaban J connectivity index is 2.03. The Labute approximate surface area is 174 Å². The zero-order valence-electron chi connectivity index (χ0n) is 17.1. The summed E-state index contributed by atoms with van der Waals surface area (Å²) in [6, 6.07) is 24.4. The molecule has 4 heteroatoms. The van der Waals surface area contributed by atoms with Crippen LogP contribution >= 0.6 is 0 Å². The molecule has 148 valence electrons. The predicted molar refractivity (Wildman–Crippen MR) is 122 cm³/mol. The number of fused-ring (bicyclic) bond motifs is 4. The van der Waals surface area contributed by atoms with Crippen LogP contribution in [-0.4, -0.2) is 26.3 Å². The van der Waals surface area contributed by atoms with Crippen molar-refractivity contribution in [2.24, 2.45) is 0 Å². The zero-order valence-corrected chi connectivity index (χ0v) is 17.1. The second-order valence-electron chi connectivity index (χ2n) is 7.09. The first-order valence-electron chi connectivity index (χ1n) is 9.75. The Bertz CT molecular complexity index is 1410. The monoisotopic (exact) mass is 395 g/mol. The molecule has 4 aromatic carbocycles. The first-order chi connectivity index (χ1) is 14.7. The van der Waals surface area contributed by atoms with E-state index in [1.54, 1.807) is 21.3 Å². The van der Waals surface area contributed by atoms with Crippen LogP contribution in [0, 0.1) is 0 Å². The standard InChI is InChI=1S/C26H21NO3/c1-28-17-14-20-19-10-6-7-11-21(19)27-26(25(20)23(15-17)30-3)24-18-9-5-4-8-16(18)12-13-22(24)29-2/h4-15H,1-3H3. The van der Waals surface area contributed by atoms with Gasteiger partial charge in [0.25, 0.3) is 0 Å². The first-order valence-corrected chi connectivity index (χ1v) is 9.75. The van der Waals surface area contributed by atoms with Crippen LogP contribution in [0.1, 0.15) is 0 Å². The summed E-state index contributed by atoms with van der Waals surface area (Å²) in [5.74, 6) is 2.23. The topological polar surface area (TPSA) is 40.6 Å². The number of nitrogens with zero attached hydrogens (tertiary/aromatic N) is 1. The van der Waals surface area contributed by atoms with Crippen LogP contribution in [0.4, 0.5) is 0 Å². The van der Waals surface area contributed by atoms with Crippen molar-refractivity contribution in [2.45, 2.75) is 0 Å². The van der Waals surface area contributed by atoms with E-state index in [1.165, 1.54) is 0 Å². The lowest BCUT2D eigenvalue weighted by atomic mass is 9.94. The van der Waals surface area contributed by atoms with E-state index >= 15 is 0 Å². The van der Waals surface area contributed by atoms with Gasteiger partial charge in [0.05, 0.1) is 43.5 Å². The number of rotatable bonds is 4. The van der Waals surface area contributed by atoms with Crippen LogP contribution in [0.5, 0.6) is 17.2 Å². The molecule has 0 aliphatic rings. The second-order valence-corrected chi connectivity index (χ2v) is 7.09. The maximum atomic E-state index is 5.81. The molecule has 0 amide bonds. The van der Waals surface area contributed by atoms with Crippen molar-refractivity contribution >= 4 is 32.4 Å². The highest BCUT2D eigenvalue weighted by atomic mass is 16.5. The molecule has 30 heavy (non-hydrogen) atoms. The molecule has 0 saturated heterocycles. The normalized spacial score (nSPS) is 11.2.